The van der Waals surface area contributed by atoms with E-state index < -0.39 is 5.97 Å². The van der Waals surface area contributed by atoms with Gasteiger partial charge in [-0.3, -0.25) is 4.79 Å². The van der Waals surface area contributed by atoms with Crippen LogP contribution in [-0.2, 0) is 4.79 Å². The molecule has 0 fully saturated rings. The molecule has 0 unspecified atom stereocenters. The van der Waals surface area contributed by atoms with Gasteiger partial charge in [0.15, 0.2) is 5.58 Å². The van der Waals surface area contributed by atoms with E-state index in [1.165, 1.54) is 19.2 Å². The van der Waals surface area contributed by atoms with Crippen molar-refractivity contribution < 1.29 is 19.1 Å². The first-order chi connectivity index (χ1) is 10.5. The van der Waals surface area contributed by atoms with Gasteiger partial charge < -0.3 is 14.8 Å². The molecule has 0 spiro atoms. The molecule has 0 bridgehead atoms. The zero-order valence-corrected chi connectivity index (χ0v) is 11.5. The Morgan fingerprint density at radius 2 is 2.05 bits per heavy atom. The van der Waals surface area contributed by atoms with Crippen molar-refractivity contribution in [1.29, 1.82) is 0 Å². The second-order valence-electron chi connectivity index (χ2n) is 4.62. The van der Waals surface area contributed by atoms with Crippen LogP contribution in [0.25, 0.3) is 22.6 Å². The number of carbonyl (C=O) groups is 2. The second-order valence-corrected chi connectivity index (χ2v) is 4.62. The third kappa shape index (κ3) is 2.64. The van der Waals surface area contributed by atoms with Gasteiger partial charge in [0.05, 0.1) is 0 Å². The number of hydrogen-bond donors (Lipinski definition) is 2. The molecule has 0 aliphatic rings. The molecule has 7 heteroatoms. The van der Waals surface area contributed by atoms with Crippen LogP contribution in [0.5, 0.6) is 0 Å². The largest absolute Gasteiger partial charge is 0.477 e. The van der Waals surface area contributed by atoms with Crippen molar-refractivity contribution >= 4 is 28.7 Å². The Hall–Kier alpha value is -3.22. The first-order valence-electron chi connectivity index (χ1n) is 6.41. The summed E-state index contributed by atoms with van der Waals surface area (Å²) < 4.78 is 5.63. The fraction of sp³-hybridized carbons (Fsp3) is 0.0667. The first kappa shape index (κ1) is 13.7. The molecule has 3 aromatic rings. The number of aromatic nitrogens is 2. The van der Waals surface area contributed by atoms with Crippen molar-refractivity contribution in [2.24, 2.45) is 0 Å². The molecular formula is C15H11N3O4. The van der Waals surface area contributed by atoms with Crippen molar-refractivity contribution in [3.8, 4) is 11.5 Å². The number of fused-ring (bicyclic) bond motifs is 1. The van der Waals surface area contributed by atoms with Gasteiger partial charge in [-0.1, -0.05) is 0 Å². The number of oxazole rings is 1. The number of carboxylic acid groups (broad SMARTS) is 1. The molecule has 0 saturated carbocycles. The zero-order valence-electron chi connectivity index (χ0n) is 11.5. The van der Waals surface area contributed by atoms with Crippen molar-refractivity contribution in [2.45, 2.75) is 6.92 Å². The highest BCUT2D eigenvalue weighted by Crippen LogP contribution is 2.26. The molecule has 1 amide bonds. The van der Waals surface area contributed by atoms with Crippen molar-refractivity contribution in [1.82, 2.24) is 9.97 Å². The minimum absolute atomic E-state index is 0.0845. The van der Waals surface area contributed by atoms with Gasteiger partial charge in [-0.25, -0.2) is 14.8 Å². The van der Waals surface area contributed by atoms with E-state index in [-0.39, 0.29) is 11.6 Å². The fourth-order valence-electron chi connectivity index (χ4n) is 2.01. The highest BCUT2D eigenvalue weighted by Gasteiger charge is 2.12. The van der Waals surface area contributed by atoms with Gasteiger partial charge in [-0.15, -0.1) is 0 Å². The summed E-state index contributed by atoms with van der Waals surface area (Å²) in [5.41, 5.74) is 2.14. The van der Waals surface area contributed by atoms with E-state index in [0.29, 0.717) is 28.2 Å². The molecule has 110 valence electrons. The highest BCUT2D eigenvalue weighted by molar-refractivity contribution is 5.91. The lowest BCUT2D eigenvalue weighted by Crippen LogP contribution is -2.05. The lowest BCUT2D eigenvalue weighted by Gasteiger charge is -1.99. The number of nitrogens with one attached hydrogen (secondary N) is 1. The summed E-state index contributed by atoms with van der Waals surface area (Å²) in [7, 11) is 0. The molecule has 1 aromatic carbocycles. The average molecular weight is 297 g/mol. The summed E-state index contributed by atoms with van der Waals surface area (Å²) in [6, 6.07) is 8.10. The minimum atomic E-state index is -1.12. The molecule has 3 rings (SSSR count). The predicted octanol–water partition coefficient (Wildman–Crippen LogP) is 2.55. The normalized spacial score (nSPS) is 10.6. The molecule has 22 heavy (non-hydrogen) atoms. The van der Waals surface area contributed by atoms with Crippen molar-refractivity contribution in [3.05, 3.63) is 42.2 Å². The van der Waals surface area contributed by atoms with Crippen LogP contribution < -0.4 is 5.32 Å². The molecule has 2 N–H and O–H groups in total. The van der Waals surface area contributed by atoms with Crippen LogP contribution in [0.4, 0.5) is 5.69 Å². The van der Waals surface area contributed by atoms with Crippen LogP contribution in [-0.4, -0.2) is 27.0 Å². The van der Waals surface area contributed by atoms with Crippen LogP contribution in [0.1, 0.15) is 17.4 Å². The summed E-state index contributed by atoms with van der Waals surface area (Å²) in [6.45, 7) is 1.42. The van der Waals surface area contributed by atoms with E-state index in [2.05, 4.69) is 15.3 Å². The smallest absolute Gasteiger partial charge is 0.354 e. The molecule has 2 aromatic heterocycles. The zero-order chi connectivity index (χ0) is 15.7. The van der Waals surface area contributed by atoms with E-state index >= 15 is 0 Å². The summed E-state index contributed by atoms with van der Waals surface area (Å²) in [4.78, 5) is 30.1. The summed E-state index contributed by atoms with van der Waals surface area (Å²) in [6.07, 6.45) is 1.39. The molecular weight excluding hydrogens is 286 g/mol. The maximum Gasteiger partial charge on any atom is 0.354 e. The Labute approximate surface area is 124 Å². The topological polar surface area (TPSA) is 105 Å². The Morgan fingerprint density at radius 1 is 1.23 bits per heavy atom. The Kier molecular flexibility index (Phi) is 3.30. The second kappa shape index (κ2) is 5.28. The molecule has 7 nitrogen and oxygen atoms in total. The Morgan fingerprint density at radius 3 is 2.77 bits per heavy atom. The number of aromatic carboxylic acids is 1. The van der Waals surface area contributed by atoms with E-state index in [1.807, 2.05) is 0 Å². The van der Waals surface area contributed by atoms with Gasteiger partial charge in [0.1, 0.15) is 11.2 Å². The molecule has 0 aliphatic carbocycles. The maximum atomic E-state index is 11.1. The van der Waals surface area contributed by atoms with Crippen molar-refractivity contribution in [2.75, 3.05) is 5.32 Å². The number of anilines is 1. The number of amides is 1. The number of nitrogens with zero attached hydrogens (tertiary/aromatic N) is 2. The molecule has 0 aliphatic heterocycles. The van der Waals surface area contributed by atoms with E-state index in [4.69, 9.17) is 9.52 Å². The molecule has 2 heterocycles. The number of carbonyl (C=O) groups excluding carboxylic acids is 1. The number of carboxylic acids is 1. The van der Waals surface area contributed by atoms with Crippen LogP contribution in [0.3, 0.4) is 0 Å². The van der Waals surface area contributed by atoms with Crippen LogP contribution in [0.2, 0.25) is 0 Å². The molecule has 0 radical (unpaired) electrons. The van der Waals surface area contributed by atoms with Gasteiger partial charge in [-0.05, 0) is 24.3 Å². The maximum absolute atomic E-state index is 11.1. The van der Waals surface area contributed by atoms with Gasteiger partial charge in [0, 0.05) is 30.4 Å². The lowest BCUT2D eigenvalue weighted by atomic mass is 10.2. The van der Waals surface area contributed by atoms with E-state index in [9.17, 15) is 9.59 Å². The van der Waals surface area contributed by atoms with Crippen LogP contribution in [0, 0.1) is 0 Å². The van der Waals surface area contributed by atoms with E-state index in [1.54, 1.807) is 24.3 Å². The minimum Gasteiger partial charge on any atom is -0.477 e. The van der Waals surface area contributed by atoms with Gasteiger partial charge in [-0.2, -0.15) is 0 Å². The monoisotopic (exact) mass is 297 g/mol. The number of rotatable bonds is 3. The first-order valence-corrected chi connectivity index (χ1v) is 6.41. The molecule has 0 saturated heterocycles. The SMILES string of the molecule is CC(=O)Nc1ccc2nc(-c3ccnc(C(=O)O)c3)oc2c1. The Bertz CT molecular complexity index is 885. The highest BCUT2D eigenvalue weighted by atomic mass is 16.4. The van der Waals surface area contributed by atoms with Crippen molar-refractivity contribution in [3.63, 3.8) is 0 Å². The van der Waals surface area contributed by atoms with Crippen LogP contribution >= 0.6 is 0 Å². The van der Waals surface area contributed by atoms with Gasteiger partial charge in [0.25, 0.3) is 0 Å². The number of benzene rings is 1. The third-order valence-electron chi connectivity index (χ3n) is 2.93. The standard InChI is InChI=1S/C15H11N3O4/c1-8(19)17-10-2-3-11-13(7-10)22-14(18-11)9-4-5-16-12(6-9)15(20)21/h2-7H,1H3,(H,17,19)(H,20,21). The predicted molar refractivity (Wildman–Crippen MR) is 78.5 cm³/mol. The summed E-state index contributed by atoms with van der Waals surface area (Å²) in [5.74, 6) is -1.01. The Balaban J connectivity index is 2.03. The van der Waals surface area contributed by atoms with Gasteiger partial charge >= 0.3 is 5.97 Å². The van der Waals surface area contributed by atoms with Gasteiger partial charge in [0.2, 0.25) is 11.8 Å². The number of hydrogen-bond acceptors (Lipinski definition) is 5. The quantitative estimate of drug-likeness (QED) is 0.769. The summed E-state index contributed by atoms with van der Waals surface area (Å²) >= 11 is 0. The third-order valence-corrected chi connectivity index (χ3v) is 2.93. The van der Waals surface area contributed by atoms with E-state index in [0.717, 1.165) is 0 Å². The summed E-state index contributed by atoms with van der Waals surface area (Å²) in [5, 5.41) is 11.6. The fourth-order valence-corrected chi connectivity index (χ4v) is 2.01. The number of pyridine rings is 1. The van der Waals surface area contributed by atoms with Crippen LogP contribution in [0.15, 0.2) is 40.9 Å². The molecule has 0 atom stereocenters. The average Bonchev–Trinajstić information content (AvgIpc) is 2.90. The lowest BCUT2D eigenvalue weighted by molar-refractivity contribution is -0.114.